The molecule has 0 saturated carbocycles. The summed E-state index contributed by atoms with van der Waals surface area (Å²) in [6.07, 6.45) is -5.21. The van der Waals surface area contributed by atoms with E-state index in [9.17, 15) is 19.2 Å². The number of hydrogen-bond acceptors (Lipinski definition) is 11. The van der Waals surface area contributed by atoms with E-state index in [0.29, 0.717) is 13.0 Å². The van der Waals surface area contributed by atoms with Gasteiger partial charge in [-0.15, -0.1) is 11.0 Å². The fourth-order valence-corrected chi connectivity index (χ4v) is 4.65. The van der Waals surface area contributed by atoms with Gasteiger partial charge in [0.25, 0.3) is 0 Å². The Bertz CT molecular complexity index is 1370. The molecule has 1 aliphatic heterocycles. The van der Waals surface area contributed by atoms with Crippen molar-refractivity contribution >= 4 is 23.9 Å². The molecular formula is C31H38N2O10. The summed E-state index contributed by atoms with van der Waals surface area (Å²) in [6, 6.07) is 8.16. The lowest BCUT2D eigenvalue weighted by Gasteiger charge is -2.43. The highest BCUT2D eigenvalue weighted by Crippen LogP contribution is 2.33. The molecule has 12 nitrogen and oxygen atoms in total. The second-order valence-electron chi connectivity index (χ2n) is 9.99. The van der Waals surface area contributed by atoms with Crippen LogP contribution in [0.25, 0.3) is 0 Å². The first kappa shape index (κ1) is 33.1. The van der Waals surface area contributed by atoms with Gasteiger partial charge < -0.3 is 28.4 Å². The third-order valence-corrected chi connectivity index (χ3v) is 6.69. The van der Waals surface area contributed by atoms with Crippen LogP contribution in [0.4, 0.5) is 0 Å². The number of aromatic nitrogens is 2. The van der Waals surface area contributed by atoms with Crippen LogP contribution < -0.4 is 4.74 Å². The summed E-state index contributed by atoms with van der Waals surface area (Å²) in [5.74, 6) is 3.22. The van der Waals surface area contributed by atoms with Crippen molar-refractivity contribution in [2.75, 3.05) is 6.61 Å². The normalized spacial score (nSPS) is 21.1. The predicted molar refractivity (Wildman–Crippen MR) is 152 cm³/mol. The number of carbonyl (C=O) groups is 4. The first-order valence-corrected chi connectivity index (χ1v) is 13.9. The van der Waals surface area contributed by atoms with Gasteiger partial charge in [0.1, 0.15) is 19.3 Å². The summed E-state index contributed by atoms with van der Waals surface area (Å²) in [5.41, 5.74) is 3.73. The van der Waals surface area contributed by atoms with Crippen LogP contribution in [0.3, 0.4) is 0 Å². The van der Waals surface area contributed by atoms with Crippen molar-refractivity contribution in [3.63, 3.8) is 0 Å². The zero-order valence-electron chi connectivity index (χ0n) is 25.5. The van der Waals surface area contributed by atoms with Crippen LogP contribution >= 0.6 is 0 Å². The molecule has 1 aromatic heterocycles. The third-order valence-electron chi connectivity index (χ3n) is 6.69. The van der Waals surface area contributed by atoms with E-state index in [-0.39, 0.29) is 12.5 Å². The molecule has 0 unspecified atom stereocenters. The number of rotatable bonds is 11. The van der Waals surface area contributed by atoms with Crippen LogP contribution in [0.5, 0.6) is 5.88 Å². The van der Waals surface area contributed by atoms with E-state index in [4.69, 9.17) is 28.4 Å². The van der Waals surface area contributed by atoms with E-state index in [1.54, 1.807) is 11.6 Å². The molecule has 1 fully saturated rings. The second-order valence-corrected chi connectivity index (χ2v) is 9.99. The SMILES string of the molecule is CC#CCn1nc(O[C@@H]2O[C@H](COC(C)=O)[C@@H](OC(C)=O)[C@H](OC(C)=O)[C@H]2OC(C)=O)c(Cc2ccc(CC)cc2)c1C. The lowest BCUT2D eigenvalue weighted by molar-refractivity contribution is -0.289. The summed E-state index contributed by atoms with van der Waals surface area (Å²) in [4.78, 5) is 48.1. The van der Waals surface area contributed by atoms with Gasteiger partial charge in [0, 0.05) is 45.4 Å². The summed E-state index contributed by atoms with van der Waals surface area (Å²) in [6.45, 7) is 10.3. The number of carbonyl (C=O) groups excluding carboxylic acids is 4. The molecule has 1 aromatic carbocycles. The van der Waals surface area contributed by atoms with Gasteiger partial charge in [0.15, 0.2) is 12.2 Å². The Morgan fingerprint density at radius 1 is 0.884 bits per heavy atom. The van der Waals surface area contributed by atoms with Crippen molar-refractivity contribution in [2.45, 2.75) is 98.6 Å². The Labute approximate surface area is 250 Å². The molecule has 0 spiro atoms. The number of aryl methyl sites for hydroxylation is 1. The highest BCUT2D eigenvalue weighted by atomic mass is 16.7. The minimum absolute atomic E-state index is 0.177. The Hall–Kier alpha value is -4.37. The molecule has 1 aliphatic rings. The van der Waals surface area contributed by atoms with E-state index >= 15 is 0 Å². The van der Waals surface area contributed by atoms with E-state index in [2.05, 4.69) is 36.0 Å². The summed E-state index contributed by atoms with van der Waals surface area (Å²) in [7, 11) is 0. The summed E-state index contributed by atoms with van der Waals surface area (Å²) < 4.78 is 35.8. The fraction of sp³-hybridized carbons (Fsp3) is 0.516. The van der Waals surface area contributed by atoms with Crippen molar-refractivity contribution < 1.29 is 47.6 Å². The molecule has 2 aromatic rings. The van der Waals surface area contributed by atoms with Crippen molar-refractivity contribution in [2.24, 2.45) is 0 Å². The molecule has 232 valence electrons. The van der Waals surface area contributed by atoms with E-state index in [1.165, 1.54) is 19.4 Å². The Kier molecular flexibility index (Phi) is 11.7. The molecule has 1 saturated heterocycles. The van der Waals surface area contributed by atoms with Gasteiger partial charge in [-0.2, -0.15) is 0 Å². The number of hydrogen-bond donors (Lipinski definition) is 0. The van der Waals surface area contributed by atoms with Gasteiger partial charge in [-0.25, -0.2) is 0 Å². The number of nitrogens with zero attached hydrogens (tertiary/aromatic N) is 2. The second kappa shape index (κ2) is 15.2. The van der Waals surface area contributed by atoms with E-state index in [1.807, 2.05) is 19.1 Å². The van der Waals surface area contributed by atoms with Gasteiger partial charge in [-0.3, -0.25) is 23.9 Å². The number of ether oxygens (including phenoxy) is 6. The molecule has 43 heavy (non-hydrogen) atoms. The quantitative estimate of drug-likeness (QED) is 0.214. The molecule has 0 bridgehead atoms. The zero-order chi connectivity index (χ0) is 31.7. The molecule has 0 N–H and O–H groups in total. The first-order chi connectivity index (χ1) is 20.4. The van der Waals surface area contributed by atoms with Crippen molar-refractivity contribution in [1.29, 1.82) is 0 Å². The van der Waals surface area contributed by atoms with Crippen LogP contribution in [0.15, 0.2) is 24.3 Å². The third kappa shape index (κ3) is 9.06. The van der Waals surface area contributed by atoms with Crippen molar-refractivity contribution in [1.82, 2.24) is 9.78 Å². The maximum atomic E-state index is 12.2. The van der Waals surface area contributed by atoms with E-state index < -0.39 is 54.6 Å². The lowest BCUT2D eigenvalue weighted by atomic mass is 9.98. The fourth-order valence-electron chi connectivity index (χ4n) is 4.65. The van der Waals surface area contributed by atoms with Crippen LogP contribution in [0.2, 0.25) is 0 Å². The van der Waals surface area contributed by atoms with Gasteiger partial charge in [-0.1, -0.05) is 37.1 Å². The first-order valence-electron chi connectivity index (χ1n) is 13.9. The molecule has 0 amide bonds. The van der Waals surface area contributed by atoms with Crippen LogP contribution in [0.1, 0.15) is 63.9 Å². The molecule has 3 rings (SSSR count). The predicted octanol–water partition coefficient (Wildman–Crippen LogP) is 2.83. The maximum Gasteiger partial charge on any atom is 0.303 e. The van der Waals surface area contributed by atoms with Crippen LogP contribution in [-0.2, 0) is 62.2 Å². The van der Waals surface area contributed by atoms with Gasteiger partial charge in [-0.05, 0) is 31.4 Å². The minimum Gasteiger partial charge on any atom is -0.463 e. The number of esters is 4. The standard InChI is InChI=1S/C31H38N2O10/c1-8-10-15-33-18(3)25(16-24-13-11-23(9-2)12-14-24)30(32-33)43-31-29(41-22(7)37)28(40-21(6)36)27(39-20(5)35)26(42-31)17-38-19(4)34/h11-14,26-29,31H,9,15-17H2,1-7H3/t26-,27-,28+,29-,31+/m1/s1. The zero-order valence-corrected chi connectivity index (χ0v) is 25.5. The Morgan fingerprint density at radius 3 is 2.02 bits per heavy atom. The van der Waals surface area contributed by atoms with Crippen LogP contribution in [-0.4, -0.2) is 71.0 Å². The molecule has 12 heteroatoms. The average molecular weight is 599 g/mol. The van der Waals surface area contributed by atoms with Gasteiger partial charge in [0.2, 0.25) is 18.3 Å². The summed E-state index contributed by atoms with van der Waals surface area (Å²) in [5, 5.41) is 4.63. The molecular weight excluding hydrogens is 560 g/mol. The van der Waals surface area contributed by atoms with Crippen molar-refractivity contribution in [3.05, 3.63) is 46.6 Å². The molecule has 0 aliphatic carbocycles. The Balaban J connectivity index is 2.08. The smallest absolute Gasteiger partial charge is 0.303 e. The topological polar surface area (TPSA) is 141 Å². The highest BCUT2D eigenvalue weighted by Gasteiger charge is 2.53. The maximum absolute atomic E-state index is 12.2. The lowest BCUT2D eigenvalue weighted by Crippen LogP contribution is -2.63. The molecule has 2 heterocycles. The average Bonchev–Trinajstić information content (AvgIpc) is 3.22. The van der Waals surface area contributed by atoms with Gasteiger partial charge in [0.05, 0.1) is 0 Å². The summed E-state index contributed by atoms with van der Waals surface area (Å²) >= 11 is 0. The number of benzene rings is 1. The molecule has 0 radical (unpaired) electrons. The highest BCUT2D eigenvalue weighted by molar-refractivity contribution is 5.68. The van der Waals surface area contributed by atoms with Crippen LogP contribution in [0, 0.1) is 18.8 Å². The van der Waals surface area contributed by atoms with E-state index in [0.717, 1.165) is 37.1 Å². The molecule has 5 atom stereocenters. The largest absolute Gasteiger partial charge is 0.463 e. The van der Waals surface area contributed by atoms with Gasteiger partial charge >= 0.3 is 23.9 Å². The Morgan fingerprint density at radius 2 is 1.47 bits per heavy atom. The van der Waals surface area contributed by atoms with Crippen molar-refractivity contribution in [3.8, 4) is 17.7 Å². The minimum atomic E-state index is -1.40. The monoisotopic (exact) mass is 598 g/mol.